The predicted octanol–water partition coefficient (Wildman–Crippen LogP) is 2.90. The summed E-state index contributed by atoms with van der Waals surface area (Å²) in [6.45, 7) is 3.68. The van der Waals surface area contributed by atoms with Gasteiger partial charge < -0.3 is 10.1 Å². The van der Waals surface area contributed by atoms with Gasteiger partial charge in [0.05, 0.1) is 13.2 Å². The van der Waals surface area contributed by atoms with Gasteiger partial charge in [0, 0.05) is 24.0 Å². The van der Waals surface area contributed by atoms with Crippen LogP contribution >= 0.6 is 11.6 Å². The molecule has 0 aromatic heterocycles. The fourth-order valence-corrected chi connectivity index (χ4v) is 2.25. The summed E-state index contributed by atoms with van der Waals surface area (Å²) >= 11 is 5.80. The summed E-state index contributed by atoms with van der Waals surface area (Å²) in [6.07, 6.45) is 0.411. The Morgan fingerprint density at radius 1 is 1.47 bits per heavy atom. The molecule has 2 rings (SSSR count). The van der Waals surface area contributed by atoms with Gasteiger partial charge in [-0.1, -0.05) is 23.7 Å². The lowest BCUT2D eigenvalue weighted by Crippen LogP contribution is -2.44. The lowest BCUT2D eigenvalue weighted by molar-refractivity contribution is 0.0474. The van der Waals surface area contributed by atoms with Crippen molar-refractivity contribution in [3.05, 3.63) is 34.9 Å². The smallest absolute Gasteiger partial charge is 0.134 e. The topological polar surface area (TPSA) is 21.3 Å². The molecule has 1 N–H and O–H groups in total. The standard InChI is InChI=1S/C13H17ClFNO/c1-13(15,8-12-9-17-7-6-16-12)10-2-4-11(14)5-3-10/h2-5,12,16H,6-9H2,1H3. The number of morpholine rings is 1. The van der Waals surface area contributed by atoms with Crippen molar-refractivity contribution in [2.45, 2.75) is 25.1 Å². The number of hydrogen-bond acceptors (Lipinski definition) is 2. The van der Waals surface area contributed by atoms with Crippen molar-refractivity contribution in [3.8, 4) is 0 Å². The van der Waals surface area contributed by atoms with Crippen LogP contribution in [0, 0.1) is 0 Å². The minimum atomic E-state index is -1.36. The Hall–Kier alpha value is -0.640. The minimum absolute atomic E-state index is 0.0782. The highest BCUT2D eigenvalue weighted by Gasteiger charge is 2.30. The van der Waals surface area contributed by atoms with E-state index >= 15 is 0 Å². The number of alkyl halides is 1. The summed E-state index contributed by atoms with van der Waals surface area (Å²) in [6, 6.07) is 7.01. The zero-order valence-electron chi connectivity index (χ0n) is 9.88. The fourth-order valence-electron chi connectivity index (χ4n) is 2.13. The van der Waals surface area contributed by atoms with Crippen LogP contribution in [-0.2, 0) is 10.4 Å². The lowest BCUT2D eigenvalue weighted by atomic mass is 9.91. The SMILES string of the molecule is CC(F)(CC1COCCN1)c1ccc(Cl)cc1. The molecule has 1 saturated heterocycles. The molecule has 1 aromatic carbocycles. The average molecular weight is 258 g/mol. The molecular formula is C13H17ClFNO. The molecule has 1 aliphatic rings. The summed E-state index contributed by atoms with van der Waals surface area (Å²) in [5.74, 6) is 0. The number of hydrogen-bond donors (Lipinski definition) is 1. The molecule has 2 atom stereocenters. The van der Waals surface area contributed by atoms with Gasteiger partial charge in [0.15, 0.2) is 0 Å². The van der Waals surface area contributed by atoms with E-state index in [1.54, 1.807) is 31.2 Å². The van der Waals surface area contributed by atoms with E-state index in [1.807, 2.05) is 0 Å². The van der Waals surface area contributed by atoms with Crippen molar-refractivity contribution >= 4 is 11.6 Å². The molecule has 0 amide bonds. The van der Waals surface area contributed by atoms with E-state index in [9.17, 15) is 4.39 Å². The highest BCUT2D eigenvalue weighted by Crippen LogP contribution is 2.31. The fraction of sp³-hybridized carbons (Fsp3) is 0.538. The predicted molar refractivity (Wildman–Crippen MR) is 67.1 cm³/mol. The molecular weight excluding hydrogens is 241 g/mol. The van der Waals surface area contributed by atoms with Crippen LogP contribution in [0.1, 0.15) is 18.9 Å². The molecule has 4 heteroatoms. The molecule has 94 valence electrons. The molecule has 1 fully saturated rings. The molecule has 0 radical (unpaired) electrons. The molecule has 1 aliphatic heterocycles. The first-order valence-electron chi connectivity index (χ1n) is 5.84. The van der Waals surface area contributed by atoms with Gasteiger partial charge in [0.1, 0.15) is 5.67 Å². The van der Waals surface area contributed by atoms with Crippen molar-refractivity contribution < 1.29 is 9.13 Å². The van der Waals surface area contributed by atoms with E-state index in [-0.39, 0.29) is 6.04 Å². The Labute approximate surface area is 106 Å². The Bertz CT molecular complexity index is 360. The van der Waals surface area contributed by atoms with Crippen molar-refractivity contribution in [3.63, 3.8) is 0 Å². The molecule has 17 heavy (non-hydrogen) atoms. The summed E-state index contributed by atoms with van der Waals surface area (Å²) in [4.78, 5) is 0. The first-order chi connectivity index (χ1) is 8.08. The number of ether oxygens (including phenoxy) is 1. The average Bonchev–Trinajstić information content (AvgIpc) is 2.30. The van der Waals surface area contributed by atoms with Crippen LogP contribution in [0.2, 0.25) is 5.02 Å². The number of rotatable bonds is 3. The molecule has 2 unspecified atom stereocenters. The second kappa shape index (κ2) is 5.34. The first-order valence-corrected chi connectivity index (χ1v) is 6.22. The van der Waals surface area contributed by atoms with Crippen LogP contribution in [0.15, 0.2) is 24.3 Å². The van der Waals surface area contributed by atoms with Gasteiger partial charge in [0.25, 0.3) is 0 Å². The largest absolute Gasteiger partial charge is 0.379 e. The van der Waals surface area contributed by atoms with E-state index in [2.05, 4.69) is 5.32 Å². The summed E-state index contributed by atoms with van der Waals surface area (Å²) in [5, 5.41) is 3.89. The van der Waals surface area contributed by atoms with E-state index in [0.29, 0.717) is 30.2 Å². The quantitative estimate of drug-likeness (QED) is 0.899. The van der Waals surface area contributed by atoms with Gasteiger partial charge in [-0.25, -0.2) is 4.39 Å². The Morgan fingerprint density at radius 3 is 2.76 bits per heavy atom. The van der Waals surface area contributed by atoms with Crippen LogP contribution in [0.3, 0.4) is 0 Å². The van der Waals surface area contributed by atoms with Crippen LogP contribution in [0.25, 0.3) is 0 Å². The van der Waals surface area contributed by atoms with Crippen LogP contribution in [-0.4, -0.2) is 25.8 Å². The van der Waals surface area contributed by atoms with Crippen molar-refractivity contribution in [1.29, 1.82) is 0 Å². The second-order valence-corrected chi connectivity index (χ2v) is 5.07. The molecule has 0 saturated carbocycles. The molecule has 1 aromatic rings. The monoisotopic (exact) mass is 257 g/mol. The van der Waals surface area contributed by atoms with Crippen molar-refractivity contribution in [2.24, 2.45) is 0 Å². The van der Waals surface area contributed by atoms with E-state index in [1.165, 1.54) is 0 Å². The third-order valence-electron chi connectivity index (χ3n) is 3.07. The Balaban J connectivity index is 2.04. The highest BCUT2D eigenvalue weighted by molar-refractivity contribution is 6.30. The van der Waals surface area contributed by atoms with Crippen LogP contribution < -0.4 is 5.32 Å². The van der Waals surface area contributed by atoms with Crippen molar-refractivity contribution in [1.82, 2.24) is 5.32 Å². The molecule has 0 spiro atoms. The second-order valence-electron chi connectivity index (χ2n) is 4.63. The van der Waals surface area contributed by atoms with Crippen molar-refractivity contribution in [2.75, 3.05) is 19.8 Å². The van der Waals surface area contributed by atoms with E-state index in [0.717, 1.165) is 6.54 Å². The maximum absolute atomic E-state index is 14.6. The zero-order chi connectivity index (χ0) is 12.3. The minimum Gasteiger partial charge on any atom is -0.379 e. The first kappa shape index (κ1) is 12.8. The molecule has 1 heterocycles. The van der Waals surface area contributed by atoms with Crippen LogP contribution in [0.5, 0.6) is 0 Å². The van der Waals surface area contributed by atoms with Gasteiger partial charge in [0.2, 0.25) is 0 Å². The third kappa shape index (κ3) is 3.41. The Morgan fingerprint density at radius 2 is 2.18 bits per heavy atom. The summed E-state index contributed by atoms with van der Waals surface area (Å²) in [5.41, 5.74) is -0.697. The normalized spacial score (nSPS) is 24.3. The summed E-state index contributed by atoms with van der Waals surface area (Å²) in [7, 11) is 0. The zero-order valence-corrected chi connectivity index (χ0v) is 10.6. The number of nitrogens with one attached hydrogen (secondary N) is 1. The van der Waals surface area contributed by atoms with Crippen LogP contribution in [0.4, 0.5) is 4.39 Å². The molecule has 2 nitrogen and oxygen atoms in total. The van der Waals surface area contributed by atoms with Gasteiger partial charge in [-0.15, -0.1) is 0 Å². The number of halogens is 2. The number of benzene rings is 1. The maximum Gasteiger partial charge on any atom is 0.134 e. The summed E-state index contributed by atoms with van der Waals surface area (Å²) < 4.78 is 19.9. The van der Waals surface area contributed by atoms with Gasteiger partial charge >= 0.3 is 0 Å². The Kier molecular flexibility index (Phi) is 4.02. The molecule has 0 bridgehead atoms. The van der Waals surface area contributed by atoms with E-state index in [4.69, 9.17) is 16.3 Å². The van der Waals surface area contributed by atoms with Gasteiger partial charge in [-0.2, -0.15) is 0 Å². The van der Waals surface area contributed by atoms with E-state index < -0.39 is 5.67 Å². The van der Waals surface area contributed by atoms with Gasteiger partial charge in [-0.3, -0.25) is 0 Å². The third-order valence-corrected chi connectivity index (χ3v) is 3.33. The maximum atomic E-state index is 14.6. The highest BCUT2D eigenvalue weighted by atomic mass is 35.5. The lowest BCUT2D eigenvalue weighted by Gasteiger charge is -2.30. The molecule has 0 aliphatic carbocycles. The van der Waals surface area contributed by atoms with Gasteiger partial charge in [-0.05, 0) is 24.6 Å².